The van der Waals surface area contributed by atoms with Crippen LogP contribution in [0.15, 0.2) is 0 Å². The molecule has 2 fully saturated rings. The molecule has 18 heavy (non-hydrogen) atoms. The van der Waals surface area contributed by atoms with Crippen LogP contribution in [0.1, 0.15) is 26.7 Å². The molecule has 0 aromatic carbocycles. The first-order valence-corrected chi connectivity index (χ1v) is 6.89. The van der Waals surface area contributed by atoms with Crippen LogP contribution in [-0.2, 0) is 14.3 Å². The number of amides is 1. The van der Waals surface area contributed by atoms with Crippen molar-refractivity contribution < 1.29 is 14.3 Å². The molecule has 5 nitrogen and oxygen atoms in total. The summed E-state index contributed by atoms with van der Waals surface area (Å²) in [6, 6.07) is 0. The lowest BCUT2D eigenvalue weighted by Gasteiger charge is -2.34. The van der Waals surface area contributed by atoms with E-state index in [-0.39, 0.29) is 24.2 Å². The van der Waals surface area contributed by atoms with E-state index in [9.17, 15) is 4.79 Å². The van der Waals surface area contributed by atoms with Crippen LogP contribution in [0.2, 0.25) is 0 Å². The number of hydrogen-bond acceptors (Lipinski definition) is 4. The zero-order chi connectivity index (χ0) is 13.0. The maximum atomic E-state index is 11.8. The van der Waals surface area contributed by atoms with Crippen LogP contribution in [0.5, 0.6) is 0 Å². The molecule has 0 aromatic rings. The van der Waals surface area contributed by atoms with E-state index in [0.29, 0.717) is 13.1 Å². The predicted molar refractivity (Wildman–Crippen MR) is 68.4 cm³/mol. The van der Waals surface area contributed by atoms with Gasteiger partial charge in [-0.3, -0.25) is 9.69 Å². The highest BCUT2D eigenvalue weighted by atomic mass is 16.5. The Balaban J connectivity index is 1.66. The van der Waals surface area contributed by atoms with Crippen molar-refractivity contribution in [1.82, 2.24) is 10.2 Å². The van der Waals surface area contributed by atoms with Gasteiger partial charge in [0.05, 0.1) is 24.9 Å². The Morgan fingerprint density at radius 3 is 2.67 bits per heavy atom. The summed E-state index contributed by atoms with van der Waals surface area (Å²) in [5.41, 5.74) is 0. The van der Waals surface area contributed by atoms with Gasteiger partial charge in [0, 0.05) is 26.2 Å². The van der Waals surface area contributed by atoms with Crippen LogP contribution in [0.3, 0.4) is 0 Å². The number of morpholine rings is 1. The Morgan fingerprint density at radius 2 is 2.06 bits per heavy atom. The maximum absolute atomic E-state index is 11.8. The monoisotopic (exact) mass is 256 g/mol. The summed E-state index contributed by atoms with van der Waals surface area (Å²) in [5, 5.41) is 2.96. The molecule has 2 aliphatic heterocycles. The van der Waals surface area contributed by atoms with Gasteiger partial charge in [0.25, 0.3) is 0 Å². The fraction of sp³-hybridized carbons (Fsp3) is 0.923. The number of hydrogen-bond donors (Lipinski definition) is 1. The first kappa shape index (κ1) is 13.8. The van der Waals surface area contributed by atoms with Crippen LogP contribution in [0, 0.1) is 0 Å². The largest absolute Gasteiger partial charge is 0.376 e. The van der Waals surface area contributed by atoms with Gasteiger partial charge < -0.3 is 14.8 Å². The lowest BCUT2D eigenvalue weighted by atomic mass is 10.2. The molecule has 1 N–H and O–H groups in total. The topological polar surface area (TPSA) is 50.8 Å². The Labute approximate surface area is 109 Å². The second kappa shape index (κ2) is 6.50. The summed E-state index contributed by atoms with van der Waals surface area (Å²) in [5.74, 6) is 0.0896. The van der Waals surface area contributed by atoms with Crippen molar-refractivity contribution in [2.75, 3.05) is 32.8 Å². The number of nitrogens with zero attached hydrogens (tertiary/aromatic N) is 1. The number of carbonyl (C=O) groups excluding carboxylic acids is 1. The molecule has 2 saturated heterocycles. The summed E-state index contributed by atoms with van der Waals surface area (Å²) in [6.45, 7) is 7.70. The molecule has 0 spiro atoms. The van der Waals surface area contributed by atoms with E-state index in [1.54, 1.807) is 0 Å². The zero-order valence-corrected chi connectivity index (χ0v) is 11.4. The van der Waals surface area contributed by atoms with E-state index in [4.69, 9.17) is 9.47 Å². The summed E-state index contributed by atoms with van der Waals surface area (Å²) in [4.78, 5) is 14.0. The highest BCUT2D eigenvalue weighted by molar-refractivity contribution is 5.78. The van der Waals surface area contributed by atoms with Crippen molar-refractivity contribution in [3.63, 3.8) is 0 Å². The van der Waals surface area contributed by atoms with Crippen molar-refractivity contribution in [3.8, 4) is 0 Å². The highest BCUT2D eigenvalue weighted by Gasteiger charge is 2.24. The summed E-state index contributed by atoms with van der Waals surface area (Å²) < 4.78 is 11.1. The average molecular weight is 256 g/mol. The van der Waals surface area contributed by atoms with Gasteiger partial charge in [-0.25, -0.2) is 0 Å². The lowest BCUT2D eigenvalue weighted by Crippen LogP contribution is -2.49. The molecule has 5 heteroatoms. The number of rotatable bonds is 4. The average Bonchev–Trinajstić information content (AvgIpc) is 2.77. The minimum Gasteiger partial charge on any atom is -0.376 e. The van der Waals surface area contributed by atoms with Crippen LogP contribution >= 0.6 is 0 Å². The Morgan fingerprint density at radius 1 is 1.33 bits per heavy atom. The van der Waals surface area contributed by atoms with Crippen LogP contribution in [0.25, 0.3) is 0 Å². The molecule has 0 aliphatic carbocycles. The molecular weight excluding hydrogens is 232 g/mol. The third kappa shape index (κ3) is 4.23. The van der Waals surface area contributed by atoms with Gasteiger partial charge in [-0.15, -0.1) is 0 Å². The molecule has 104 valence electrons. The molecule has 0 saturated carbocycles. The normalized spacial score (nSPS) is 33.6. The van der Waals surface area contributed by atoms with E-state index in [1.807, 2.05) is 13.8 Å². The molecule has 0 radical (unpaired) electrons. The smallest absolute Gasteiger partial charge is 0.234 e. The molecule has 2 heterocycles. The van der Waals surface area contributed by atoms with E-state index in [2.05, 4.69) is 10.2 Å². The Hall–Kier alpha value is -0.650. The minimum absolute atomic E-state index is 0.0896. The molecular formula is C13H24N2O3. The SMILES string of the molecule is CC1CN(CC(=O)NCC2CCCO2)CC(C)O1. The molecule has 3 atom stereocenters. The van der Waals surface area contributed by atoms with E-state index < -0.39 is 0 Å². The zero-order valence-electron chi connectivity index (χ0n) is 11.4. The van der Waals surface area contributed by atoms with Crippen molar-refractivity contribution >= 4 is 5.91 Å². The quantitative estimate of drug-likeness (QED) is 0.790. The van der Waals surface area contributed by atoms with Crippen molar-refractivity contribution in [2.24, 2.45) is 0 Å². The van der Waals surface area contributed by atoms with E-state index in [0.717, 1.165) is 32.5 Å². The van der Waals surface area contributed by atoms with Gasteiger partial charge in [-0.05, 0) is 26.7 Å². The van der Waals surface area contributed by atoms with Gasteiger partial charge in [-0.1, -0.05) is 0 Å². The molecule has 2 rings (SSSR count). The molecule has 0 aromatic heterocycles. The lowest BCUT2D eigenvalue weighted by molar-refractivity contribution is -0.126. The minimum atomic E-state index is 0.0896. The molecule has 3 unspecified atom stereocenters. The second-order valence-corrected chi connectivity index (χ2v) is 5.39. The van der Waals surface area contributed by atoms with E-state index in [1.165, 1.54) is 0 Å². The van der Waals surface area contributed by atoms with Crippen LogP contribution in [-0.4, -0.2) is 61.9 Å². The number of carbonyl (C=O) groups is 1. The Bertz CT molecular complexity index is 269. The second-order valence-electron chi connectivity index (χ2n) is 5.39. The fourth-order valence-corrected chi connectivity index (χ4v) is 2.71. The molecule has 0 bridgehead atoms. The van der Waals surface area contributed by atoms with Crippen LogP contribution in [0.4, 0.5) is 0 Å². The van der Waals surface area contributed by atoms with E-state index >= 15 is 0 Å². The third-order valence-corrected chi connectivity index (χ3v) is 3.41. The first-order valence-electron chi connectivity index (χ1n) is 6.89. The standard InChI is InChI=1S/C13H24N2O3/c1-10-7-15(8-11(2)18-10)9-13(16)14-6-12-4-3-5-17-12/h10-12H,3-9H2,1-2H3,(H,14,16). The maximum Gasteiger partial charge on any atom is 0.234 e. The predicted octanol–water partition coefficient (Wildman–Crippen LogP) is 0.391. The van der Waals surface area contributed by atoms with Gasteiger partial charge in [0.1, 0.15) is 0 Å². The van der Waals surface area contributed by atoms with Gasteiger partial charge in [-0.2, -0.15) is 0 Å². The Kier molecular flexibility index (Phi) is 4.97. The van der Waals surface area contributed by atoms with Gasteiger partial charge in [0.15, 0.2) is 0 Å². The van der Waals surface area contributed by atoms with Crippen molar-refractivity contribution in [2.45, 2.75) is 45.0 Å². The summed E-state index contributed by atoms with van der Waals surface area (Å²) in [7, 11) is 0. The van der Waals surface area contributed by atoms with Crippen molar-refractivity contribution in [1.29, 1.82) is 0 Å². The highest BCUT2D eigenvalue weighted by Crippen LogP contribution is 2.11. The number of ether oxygens (including phenoxy) is 2. The van der Waals surface area contributed by atoms with Crippen molar-refractivity contribution in [3.05, 3.63) is 0 Å². The summed E-state index contributed by atoms with van der Waals surface area (Å²) >= 11 is 0. The van der Waals surface area contributed by atoms with Crippen LogP contribution < -0.4 is 5.32 Å². The first-order chi connectivity index (χ1) is 8.63. The third-order valence-electron chi connectivity index (χ3n) is 3.41. The molecule has 2 aliphatic rings. The van der Waals surface area contributed by atoms with Gasteiger partial charge >= 0.3 is 0 Å². The fourth-order valence-electron chi connectivity index (χ4n) is 2.71. The number of nitrogens with one attached hydrogen (secondary N) is 1. The van der Waals surface area contributed by atoms with Gasteiger partial charge in [0.2, 0.25) is 5.91 Å². The summed E-state index contributed by atoms with van der Waals surface area (Å²) in [6.07, 6.45) is 2.81. The molecule has 1 amide bonds.